The van der Waals surface area contributed by atoms with E-state index in [1.165, 1.54) is 0 Å². The Labute approximate surface area is 182 Å². The highest BCUT2D eigenvalue weighted by molar-refractivity contribution is 7.91. The monoisotopic (exact) mass is 441 g/mol. The van der Waals surface area contributed by atoms with Gasteiger partial charge in [0, 0.05) is 49.0 Å². The predicted molar refractivity (Wildman–Crippen MR) is 124 cm³/mol. The second kappa shape index (κ2) is 8.26. The van der Waals surface area contributed by atoms with E-state index in [1.807, 2.05) is 72.1 Å². The van der Waals surface area contributed by atoms with Gasteiger partial charge in [0.15, 0.2) is 9.84 Å². The zero-order chi connectivity index (χ0) is 22.2. The largest absolute Gasteiger partial charge is 0.494 e. The number of carbonyl (C=O) groups is 1. The second-order valence-corrected chi connectivity index (χ2v) is 10.3. The molecule has 1 fully saturated rings. The van der Waals surface area contributed by atoms with E-state index < -0.39 is 9.84 Å². The predicted octanol–water partition coefficient (Wildman–Crippen LogP) is 3.16. The fraction of sp³-hybridized carbons (Fsp3) is 0.348. The molecular weight excluding hydrogens is 414 g/mol. The van der Waals surface area contributed by atoms with Crippen LogP contribution in [0.3, 0.4) is 0 Å². The molecule has 4 rings (SSSR count). The Balaban J connectivity index is 1.53. The van der Waals surface area contributed by atoms with Gasteiger partial charge in [0.25, 0.3) is 0 Å². The van der Waals surface area contributed by atoms with E-state index in [-0.39, 0.29) is 23.3 Å². The summed E-state index contributed by atoms with van der Waals surface area (Å²) in [4.78, 5) is 15.1. The number of nitrogens with one attached hydrogen (secondary N) is 1. The van der Waals surface area contributed by atoms with Crippen molar-refractivity contribution in [3.8, 4) is 5.75 Å². The summed E-state index contributed by atoms with van der Waals surface area (Å²) in [6, 6.07) is 13.6. The van der Waals surface area contributed by atoms with Crippen molar-refractivity contribution in [3.05, 3.63) is 54.2 Å². The molecule has 0 bridgehead atoms. The Morgan fingerprint density at radius 1 is 1.13 bits per heavy atom. The molecule has 7 nitrogen and oxygen atoms in total. The lowest BCUT2D eigenvalue weighted by atomic mass is 9.99. The molecular formula is C23H27N3O4S. The van der Waals surface area contributed by atoms with Crippen LogP contribution in [0.5, 0.6) is 5.75 Å². The van der Waals surface area contributed by atoms with E-state index >= 15 is 0 Å². The number of aryl methyl sites for hydroxylation is 1. The Morgan fingerprint density at radius 2 is 1.84 bits per heavy atom. The minimum atomic E-state index is -2.94. The Bertz CT molecular complexity index is 1220. The van der Waals surface area contributed by atoms with E-state index in [4.69, 9.17) is 4.74 Å². The fourth-order valence-electron chi connectivity index (χ4n) is 4.05. The van der Waals surface area contributed by atoms with Crippen molar-refractivity contribution in [2.75, 3.05) is 41.9 Å². The molecule has 164 valence electrons. The summed E-state index contributed by atoms with van der Waals surface area (Å²) < 4.78 is 30.9. The lowest BCUT2D eigenvalue weighted by Gasteiger charge is -2.29. The van der Waals surface area contributed by atoms with Gasteiger partial charge in [-0.05, 0) is 30.7 Å². The van der Waals surface area contributed by atoms with Gasteiger partial charge in [0.05, 0.1) is 30.2 Å². The van der Waals surface area contributed by atoms with Gasteiger partial charge < -0.3 is 19.5 Å². The van der Waals surface area contributed by atoms with E-state index in [0.717, 1.165) is 22.2 Å². The van der Waals surface area contributed by atoms with Gasteiger partial charge >= 0.3 is 0 Å². The summed E-state index contributed by atoms with van der Waals surface area (Å²) in [5.41, 5.74) is 3.53. The number of sulfone groups is 1. The van der Waals surface area contributed by atoms with Gasteiger partial charge in [-0.1, -0.05) is 18.2 Å². The Kier molecular flexibility index (Phi) is 5.66. The van der Waals surface area contributed by atoms with Crippen LogP contribution in [0, 0.1) is 0 Å². The molecule has 2 aromatic carbocycles. The Hall–Kier alpha value is -3.00. The average Bonchev–Trinajstić information content (AvgIpc) is 3.10. The molecule has 0 aliphatic carbocycles. The number of benzene rings is 2. The quantitative estimate of drug-likeness (QED) is 0.658. The maximum atomic E-state index is 13.0. The van der Waals surface area contributed by atoms with Crippen LogP contribution in [-0.4, -0.2) is 50.6 Å². The first-order valence-electron chi connectivity index (χ1n) is 10.3. The third-order valence-electron chi connectivity index (χ3n) is 5.94. The van der Waals surface area contributed by atoms with Crippen molar-refractivity contribution in [3.63, 3.8) is 0 Å². The van der Waals surface area contributed by atoms with Crippen LogP contribution in [0.4, 0.5) is 11.4 Å². The molecule has 1 saturated heterocycles. The number of rotatable bonds is 5. The van der Waals surface area contributed by atoms with Gasteiger partial charge in [0.1, 0.15) is 5.75 Å². The van der Waals surface area contributed by atoms with Crippen molar-refractivity contribution < 1.29 is 17.9 Å². The molecule has 1 aliphatic heterocycles. The molecule has 8 heteroatoms. The third kappa shape index (κ3) is 4.25. The van der Waals surface area contributed by atoms with Gasteiger partial charge in [0.2, 0.25) is 5.91 Å². The van der Waals surface area contributed by atoms with Crippen LogP contribution >= 0.6 is 0 Å². The number of amides is 1. The van der Waals surface area contributed by atoms with E-state index in [1.54, 1.807) is 7.11 Å². The summed E-state index contributed by atoms with van der Waals surface area (Å²) >= 11 is 0. The number of para-hydroxylation sites is 1. The number of fused-ring (bicyclic) bond motifs is 1. The minimum Gasteiger partial charge on any atom is -0.494 e. The van der Waals surface area contributed by atoms with Crippen molar-refractivity contribution in [1.82, 2.24) is 4.57 Å². The summed E-state index contributed by atoms with van der Waals surface area (Å²) in [5.74, 6) is 0.380. The van der Waals surface area contributed by atoms with Crippen LogP contribution in [-0.2, 0) is 21.7 Å². The van der Waals surface area contributed by atoms with Crippen molar-refractivity contribution in [2.24, 2.45) is 7.05 Å². The number of hydrogen-bond acceptors (Lipinski definition) is 5. The standard InChI is InChI=1S/C23H27N3O4S/c1-16(19-15-25(2)21-7-5-4-6-18(19)21)23(27)24-20-9-8-17(14-22(20)30-3)26-10-12-31(28,29)13-11-26/h4-9,14-16H,10-13H2,1-3H3,(H,24,27). The number of nitrogens with zero attached hydrogens (tertiary/aromatic N) is 2. The van der Waals surface area contributed by atoms with Crippen molar-refractivity contribution >= 4 is 38.0 Å². The third-order valence-corrected chi connectivity index (χ3v) is 7.55. The van der Waals surface area contributed by atoms with Crippen LogP contribution in [0.25, 0.3) is 10.9 Å². The van der Waals surface area contributed by atoms with Crippen molar-refractivity contribution in [1.29, 1.82) is 0 Å². The first-order valence-corrected chi connectivity index (χ1v) is 12.1. The maximum Gasteiger partial charge on any atom is 0.231 e. The molecule has 0 radical (unpaired) electrons. The summed E-state index contributed by atoms with van der Waals surface area (Å²) in [7, 11) is 0.590. The number of methoxy groups -OCH3 is 1. The van der Waals surface area contributed by atoms with Gasteiger partial charge in [-0.2, -0.15) is 0 Å². The highest BCUT2D eigenvalue weighted by atomic mass is 32.2. The number of aromatic nitrogens is 1. The second-order valence-electron chi connectivity index (χ2n) is 7.95. The molecule has 1 atom stereocenters. The van der Waals surface area contributed by atoms with E-state index in [9.17, 15) is 13.2 Å². The zero-order valence-electron chi connectivity index (χ0n) is 18.0. The van der Waals surface area contributed by atoms with Crippen LogP contribution in [0.1, 0.15) is 18.4 Å². The summed E-state index contributed by atoms with van der Waals surface area (Å²) in [6.07, 6.45) is 2.00. The maximum absolute atomic E-state index is 13.0. The average molecular weight is 442 g/mol. The lowest BCUT2D eigenvalue weighted by Crippen LogP contribution is -2.40. The lowest BCUT2D eigenvalue weighted by molar-refractivity contribution is -0.117. The van der Waals surface area contributed by atoms with Crippen LogP contribution in [0.2, 0.25) is 0 Å². The molecule has 1 aromatic heterocycles. The number of hydrogen-bond donors (Lipinski definition) is 1. The number of ether oxygens (including phenoxy) is 1. The normalized spacial score (nSPS) is 16.8. The first kappa shape index (κ1) is 21.2. The van der Waals surface area contributed by atoms with Gasteiger partial charge in [-0.15, -0.1) is 0 Å². The topological polar surface area (TPSA) is 80.6 Å². The van der Waals surface area contributed by atoms with E-state index in [2.05, 4.69) is 5.32 Å². The summed E-state index contributed by atoms with van der Waals surface area (Å²) in [5, 5.41) is 4.05. The fourth-order valence-corrected chi connectivity index (χ4v) is 5.25. The minimum absolute atomic E-state index is 0.119. The first-order chi connectivity index (χ1) is 14.8. The Morgan fingerprint density at radius 3 is 2.55 bits per heavy atom. The molecule has 31 heavy (non-hydrogen) atoms. The molecule has 1 N–H and O–H groups in total. The SMILES string of the molecule is COc1cc(N2CCS(=O)(=O)CC2)ccc1NC(=O)C(C)c1cn(C)c2ccccc12. The number of anilines is 2. The van der Waals surface area contributed by atoms with Gasteiger partial charge in [-0.3, -0.25) is 4.79 Å². The highest BCUT2D eigenvalue weighted by Gasteiger charge is 2.24. The number of carbonyl (C=O) groups excluding carboxylic acids is 1. The van der Waals surface area contributed by atoms with Gasteiger partial charge in [-0.25, -0.2) is 8.42 Å². The van der Waals surface area contributed by atoms with Crippen molar-refractivity contribution in [2.45, 2.75) is 12.8 Å². The zero-order valence-corrected chi connectivity index (χ0v) is 18.8. The van der Waals surface area contributed by atoms with Crippen LogP contribution in [0.15, 0.2) is 48.7 Å². The molecule has 0 saturated carbocycles. The molecule has 3 aromatic rings. The molecule has 1 aliphatic rings. The molecule has 1 amide bonds. The van der Waals surface area contributed by atoms with E-state index in [0.29, 0.717) is 24.5 Å². The smallest absolute Gasteiger partial charge is 0.231 e. The highest BCUT2D eigenvalue weighted by Crippen LogP contribution is 2.33. The molecule has 1 unspecified atom stereocenters. The molecule has 0 spiro atoms. The summed E-state index contributed by atoms with van der Waals surface area (Å²) in [6.45, 7) is 2.80. The molecule has 2 heterocycles. The van der Waals surface area contributed by atoms with Crippen LogP contribution < -0.4 is 15.0 Å².